The van der Waals surface area contributed by atoms with Crippen LogP contribution in [-0.4, -0.2) is 9.55 Å². The highest BCUT2D eigenvalue weighted by atomic mass is 35.5. The van der Waals surface area contributed by atoms with Gasteiger partial charge in [-0.2, -0.15) is 0 Å². The Hall–Kier alpha value is 0.790. The van der Waals surface area contributed by atoms with E-state index in [4.69, 9.17) is 34.8 Å². The molecule has 1 rings (SSSR count). The van der Waals surface area contributed by atoms with E-state index in [9.17, 15) is 0 Å². The van der Waals surface area contributed by atoms with Crippen LogP contribution in [0.4, 0.5) is 0 Å². The molecule has 0 aliphatic heterocycles. The van der Waals surface area contributed by atoms with Crippen LogP contribution >= 0.6 is 56.4 Å². The molecule has 0 nitrogen and oxygen atoms in total. The third-order valence-corrected chi connectivity index (χ3v) is 5.86. The van der Waals surface area contributed by atoms with E-state index in [2.05, 4.69) is 19.1 Å². The minimum absolute atomic E-state index is 0.287. The standard InChI is InChI=1S/C9H9Cl3S2/c1-6-2-4-7(5-3-6)13-14-9(12)8(10)11/h2-5,8-9H,1H3. The molecule has 0 N–H and O–H groups in total. The second kappa shape index (κ2) is 6.39. The SMILES string of the molecule is Cc1ccc(SSC(Cl)C(Cl)Cl)cc1. The molecule has 0 fully saturated rings. The third-order valence-electron chi connectivity index (χ3n) is 1.46. The summed E-state index contributed by atoms with van der Waals surface area (Å²) in [6.07, 6.45) is 0. The van der Waals surface area contributed by atoms with Gasteiger partial charge < -0.3 is 0 Å². The Morgan fingerprint density at radius 3 is 2.14 bits per heavy atom. The molecule has 0 saturated heterocycles. The van der Waals surface area contributed by atoms with Gasteiger partial charge in [-0.3, -0.25) is 0 Å². The van der Waals surface area contributed by atoms with Crippen molar-refractivity contribution in [2.24, 2.45) is 0 Å². The molecule has 14 heavy (non-hydrogen) atoms. The highest BCUT2D eigenvalue weighted by Gasteiger charge is 2.14. The average Bonchev–Trinajstić information content (AvgIpc) is 2.16. The lowest BCUT2D eigenvalue weighted by atomic mass is 10.2. The molecular weight excluding hydrogens is 279 g/mol. The van der Waals surface area contributed by atoms with Gasteiger partial charge in [0, 0.05) is 4.90 Å². The van der Waals surface area contributed by atoms with Gasteiger partial charge in [0.15, 0.2) is 0 Å². The molecule has 0 aromatic heterocycles. The summed E-state index contributed by atoms with van der Waals surface area (Å²) in [4.78, 5) is 0.611. The molecule has 0 amide bonds. The second-order valence-electron chi connectivity index (χ2n) is 2.68. The van der Waals surface area contributed by atoms with Crippen molar-refractivity contribution in [3.63, 3.8) is 0 Å². The van der Waals surface area contributed by atoms with Crippen molar-refractivity contribution in [3.05, 3.63) is 29.8 Å². The lowest BCUT2D eigenvalue weighted by Gasteiger charge is -2.08. The van der Waals surface area contributed by atoms with E-state index in [-0.39, 0.29) is 4.71 Å². The molecule has 0 bridgehead atoms. The van der Waals surface area contributed by atoms with Crippen LogP contribution in [0.3, 0.4) is 0 Å². The Morgan fingerprint density at radius 2 is 1.64 bits per heavy atom. The summed E-state index contributed by atoms with van der Waals surface area (Å²) < 4.78 is -0.287. The van der Waals surface area contributed by atoms with Gasteiger partial charge in [0.1, 0.15) is 9.55 Å². The largest absolute Gasteiger partial charge is 0.134 e. The van der Waals surface area contributed by atoms with E-state index in [1.165, 1.54) is 16.4 Å². The molecule has 0 aliphatic carbocycles. The zero-order valence-corrected chi connectivity index (χ0v) is 11.3. The average molecular weight is 288 g/mol. The molecule has 0 saturated carbocycles. The summed E-state index contributed by atoms with van der Waals surface area (Å²) in [6, 6.07) is 8.22. The summed E-state index contributed by atoms with van der Waals surface area (Å²) in [5, 5.41) is 0. The Kier molecular flexibility index (Phi) is 5.87. The number of aryl methyl sites for hydroxylation is 1. The molecular formula is C9H9Cl3S2. The zero-order chi connectivity index (χ0) is 10.6. The molecule has 1 atom stereocenters. The fourth-order valence-electron chi connectivity index (χ4n) is 0.737. The van der Waals surface area contributed by atoms with E-state index in [1.54, 1.807) is 10.8 Å². The molecule has 0 aliphatic rings. The minimum Gasteiger partial charge on any atom is -0.107 e. The van der Waals surface area contributed by atoms with Crippen LogP contribution in [0.5, 0.6) is 0 Å². The maximum absolute atomic E-state index is 5.88. The molecule has 0 radical (unpaired) electrons. The van der Waals surface area contributed by atoms with Crippen LogP contribution in [0.15, 0.2) is 29.2 Å². The first-order valence-corrected chi connectivity index (χ1v) is 7.44. The van der Waals surface area contributed by atoms with Crippen molar-refractivity contribution in [2.45, 2.75) is 21.4 Å². The fourth-order valence-corrected chi connectivity index (χ4v) is 3.55. The van der Waals surface area contributed by atoms with Crippen LogP contribution < -0.4 is 0 Å². The molecule has 0 heterocycles. The van der Waals surface area contributed by atoms with Crippen molar-refractivity contribution < 1.29 is 0 Å². The maximum atomic E-state index is 5.88. The number of benzene rings is 1. The monoisotopic (exact) mass is 286 g/mol. The Bertz CT molecular complexity index is 274. The Labute approximate surface area is 107 Å². The van der Waals surface area contributed by atoms with E-state index in [0.29, 0.717) is 0 Å². The van der Waals surface area contributed by atoms with Crippen molar-refractivity contribution >= 4 is 56.4 Å². The van der Waals surface area contributed by atoms with Gasteiger partial charge in [-0.05, 0) is 19.1 Å². The normalized spacial score (nSPS) is 13.2. The van der Waals surface area contributed by atoms with Gasteiger partial charge in [0.05, 0.1) is 0 Å². The highest BCUT2D eigenvalue weighted by molar-refractivity contribution is 8.77. The third kappa shape index (κ3) is 4.54. The smallest absolute Gasteiger partial charge is 0.107 e. The first-order valence-electron chi connectivity index (χ1n) is 3.92. The predicted octanol–water partition coefficient (Wildman–Crippen LogP) is 5.10. The first kappa shape index (κ1) is 12.9. The lowest BCUT2D eigenvalue weighted by molar-refractivity contribution is 1.32. The van der Waals surface area contributed by atoms with Crippen LogP contribution in [0, 0.1) is 6.92 Å². The number of halogens is 3. The summed E-state index contributed by atoms with van der Waals surface area (Å²) in [7, 11) is 3.04. The van der Waals surface area contributed by atoms with Crippen LogP contribution in [-0.2, 0) is 0 Å². The maximum Gasteiger partial charge on any atom is 0.134 e. The van der Waals surface area contributed by atoms with Crippen LogP contribution in [0.2, 0.25) is 0 Å². The molecule has 1 aromatic carbocycles. The Morgan fingerprint density at radius 1 is 1.07 bits per heavy atom. The van der Waals surface area contributed by atoms with Crippen molar-refractivity contribution in [1.82, 2.24) is 0 Å². The Balaban J connectivity index is 2.42. The fraction of sp³-hybridized carbons (Fsp3) is 0.333. The quantitative estimate of drug-likeness (QED) is 0.558. The van der Waals surface area contributed by atoms with Crippen molar-refractivity contribution in [3.8, 4) is 0 Å². The van der Waals surface area contributed by atoms with Gasteiger partial charge in [0.2, 0.25) is 0 Å². The predicted molar refractivity (Wildman–Crippen MR) is 69.8 cm³/mol. The molecule has 5 heteroatoms. The lowest BCUT2D eigenvalue weighted by Crippen LogP contribution is -2.00. The van der Waals surface area contributed by atoms with E-state index in [0.717, 1.165) is 4.90 Å². The number of hydrogen-bond acceptors (Lipinski definition) is 2. The summed E-state index contributed by atoms with van der Waals surface area (Å²) in [5.41, 5.74) is 1.24. The van der Waals surface area contributed by atoms with Gasteiger partial charge in [-0.15, -0.1) is 34.8 Å². The van der Waals surface area contributed by atoms with E-state index >= 15 is 0 Å². The summed E-state index contributed by atoms with van der Waals surface area (Å²) in [6.45, 7) is 2.06. The molecule has 1 aromatic rings. The van der Waals surface area contributed by atoms with E-state index < -0.39 is 4.84 Å². The number of hydrogen-bond donors (Lipinski definition) is 0. The van der Waals surface area contributed by atoms with Gasteiger partial charge in [-0.1, -0.05) is 39.3 Å². The highest BCUT2D eigenvalue weighted by Crippen LogP contribution is 2.39. The molecule has 1 unspecified atom stereocenters. The first-order chi connectivity index (χ1) is 6.59. The topological polar surface area (TPSA) is 0 Å². The van der Waals surface area contributed by atoms with Gasteiger partial charge in [0.25, 0.3) is 0 Å². The summed E-state index contributed by atoms with van der Waals surface area (Å²) >= 11 is 17.1. The van der Waals surface area contributed by atoms with Crippen molar-refractivity contribution in [1.29, 1.82) is 0 Å². The molecule has 0 spiro atoms. The molecule has 78 valence electrons. The van der Waals surface area contributed by atoms with E-state index in [1.807, 2.05) is 12.1 Å². The minimum atomic E-state index is -0.542. The van der Waals surface area contributed by atoms with Gasteiger partial charge >= 0.3 is 0 Å². The summed E-state index contributed by atoms with van der Waals surface area (Å²) in [5.74, 6) is 0. The number of alkyl halides is 3. The van der Waals surface area contributed by atoms with Crippen LogP contribution in [0.1, 0.15) is 5.56 Å². The second-order valence-corrected chi connectivity index (χ2v) is 6.99. The number of rotatable bonds is 4. The van der Waals surface area contributed by atoms with Gasteiger partial charge in [-0.25, -0.2) is 0 Å². The zero-order valence-electron chi connectivity index (χ0n) is 7.41. The van der Waals surface area contributed by atoms with Crippen molar-refractivity contribution in [2.75, 3.05) is 0 Å². The van der Waals surface area contributed by atoms with Crippen LogP contribution in [0.25, 0.3) is 0 Å².